The number of hydrogen-bond acceptors (Lipinski definition) is 6. The molecule has 10 nitrogen and oxygen atoms in total. The predicted octanol–water partition coefficient (Wildman–Crippen LogP) is 1.37. The van der Waals surface area contributed by atoms with Crippen LogP contribution in [-0.4, -0.2) is 42.7 Å². The second-order valence-corrected chi connectivity index (χ2v) is 7.18. The van der Waals surface area contributed by atoms with Crippen LogP contribution >= 0.6 is 0 Å². The minimum atomic E-state index is -1.18. The Morgan fingerprint density at radius 1 is 1.19 bits per heavy atom. The van der Waals surface area contributed by atoms with Crippen molar-refractivity contribution in [3.8, 4) is 5.75 Å². The molecule has 10 heteroatoms. The number of aliphatic carboxylic acids is 1. The standard InChI is InChI=1S/C21H27N3O7/c1-11-13-7-8-16(30-3)12(2)18(13)31-20(28)14(11)10-17(25)24-15(19(26)27)6-4-5-9-23-21(22)29/h7-8,15H,4-6,9-10H2,1-3H3,(H,24,25)(H,26,27)(H3,22,23,29). The van der Waals surface area contributed by atoms with Gasteiger partial charge in [-0.05, 0) is 50.8 Å². The molecular weight excluding hydrogens is 406 g/mol. The van der Waals surface area contributed by atoms with Gasteiger partial charge in [-0.15, -0.1) is 0 Å². The number of carboxylic acids is 1. The molecule has 0 fully saturated rings. The van der Waals surface area contributed by atoms with E-state index in [2.05, 4.69) is 10.6 Å². The zero-order valence-corrected chi connectivity index (χ0v) is 17.7. The Bertz CT molecular complexity index is 1050. The number of aryl methyl sites for hydroxylation is 2. The highest BCUT2D eigenvalue weighted by atomic mass is 16.5. The van der Waals surface area contributed by atoms with E-state index >= 15 is 0 Å². The van der Waals surface area contributed by atoms with Crippen molar-refractivity contribution in [1.82, 2.24) is 10.6 Å². The highest BCUT2D eigenvalue weighted by Crippen LogP contribution is 2.29. The van der Waals surface area contributed by atoms with Crippen LogP contribution < -0.4 is 26.7 Å². The van der Waals surface area contributed by atoms with Crippen LogP contribution in [0.25, 0.3) is 11.0 Å². The van der Waals surface area contributed by atoms with Crippen molar-refractivity contribution in [3.63, 3.8) is 0 Å². The minimum absolute atomic E-state index is 0.171. The molecule has 0 aliphatic carbocycles. The molecule has 0 saturated heterocycles. The molecule has 31 heavy (non-hydrogen) atoms. The SMILES string of the molecule is COc1ccc2c(C)c(CC(=O)NC(CCCCNC(N)=O)C(=O)O)c(=O)oc2c1C. The molecule has 5 N–H and O–H groups in total. The molecule has 0 aliphatic rings. The Labute approximate surface area is 178 Å². The first-order chi connectivity index (χ1) is 14.6. The van der Waals surface area contributed by atoms with E-state index in [0.717, 1.165) is 0 Å². The van der Waals surface area contributed by atoms with Crippen molar-refractivity contribution >= 4 is 28.9 Å². The normalized spacial score (nSPS) is 11.7. The Morgan fingerprint density at radius 3 is 2.52 bits per heavy atom. The second kappa shape index (κ2) is 10.5. The van der Waals surface area contributed by atoms with Gasteiger partial charge in [-0.3, -0.25) is 4.79 Å². The van der Waals surface area contributed by atoms with Crippen LogP contribution in [0.4, 0.5) is 4.79 Å². The lowest BCUT2D eigenvalue weighted by Gasteiger charge is -2.15. The quantitative estimate of drug-likeness (QED) is 0.325. The summed E-state index contributed by atoms with van der Waals surface area (Å²) >= 11 is 0. The van der Waals surface area contributed by atoms with Crippen LogP contribution in [0.3, 0.4) is 0 Å². The molecule has 1 heterocycles. The Kier molecular flexibility index (Phi) is 8.00. The number of amides is 3. The van der Waals surface area contributed by atoms with E-state index in [1.165, 1.54) is 7.11 Å². The maximum absolute atomic E-state index is 12.5. The van der Waals surface area contributed by atoms with Gasteiger partial charge in [0, 0.05) is 17.5 Å². The lowest BCUT2D eigenvalue weighted by molar-refractivity contribution is -0.142. The van der Waals surface area contributed by atoms with E-state index in [1.807, 2.05) is 0 Å². The molecule has 1 atom stereocenters. The van der Waals surface area contributed by atoms with Gasteiger partial charge in [0.2, 0.25) is 5.91 Å². The molecule has 0 spiro atoms. The largest absolute Gasteiger partial charge is 0.496 e. The van der Waals surface area contributed by atoms with Gasteiger partial charge in [0.1, 0.15) is 17.4 Å². The fourth-order valence-electron chi connectivity index (χ4n) is 3.34. The zero-order valence-electron chi connectivity index (χ0n) is 17.7. The number of methoxy groups -OCH3 is 1. The van der Waals surface area contributed by atoms with Gasteiger partial charge >= 0.3 is 17.6 Å². The number of benzene rings is 1. The summed E-state index contributed by atoms with van der Waals surface area (Å²) in [5.41, 5.74) is 6.14. The van der Waals surface area contributed by atoms with Crippen molar-refractivity contribution in [3.05, 3.63) is 39.2 Å². The number of hydrogen-bond donors (Lipinski definition) is 4. The van der Waals surface area contributed by atoms with Crippen molar-refractivity contribution in [2.24, 2.45) is 5.73 Å². The molecule has 1 unspecified atom stereocenters. The van der Waals surface area contributed by atoms with Crippen LogP contribution in [0.5, 0.6) is 5.75 Å². The topological polar surface area (TPSA) is 161 Å². The maximum atomic E-state index is 12.5. The van der Waals surface area contributed by atoms with Crippen molar-refractivity contribution < 1.29 is 28.6 Å². The molecule has 3 amide bonds. The molecule has 0 aliphatic heterocycles. The van der Waals surface area contributed by atoms with Gasteiger partial charge in [-0.1, -0.05) is 0 Å². The van der Waals surface area contributed by atoms with Gasteiger partial charge in [0.15, 0.2) is 0 Å². The lowest BCUT2D eigenvalue weighted by Crippen LogP contribution is -2.42. The highest BCUT2D eigenvalue weighted by molar-refractivity contribution is 5.88. The second-order valence-electron chi connectivity index (χ2n) is 7.18. The molecule has 168 valence electrons. The number of unbranched alkanes of at least 4 members (excludes halogenated alkanes) is 1. The number of carboxylic acid groups (broad SMARTS) is 1. The lowest BCUT2D eigenvalue weighted by atomic mass is 10.0. The van der Waals surface area contributed by atoms with Crippen LogP contribution in [0.2, 0.25) is 0 Å². The smallest absolute Gasteiger partial charge is 0.340 e. The molecular formula is C21H27N3O7. The van der Waals surface area contributed by atoms with E-state index < -0.39 is 29.6 Å². The first kappa shape index (κ1) is 23.7. The third kappa shape index (κ3) is 5.97. The van der Waals surface area contributed by atoms with Gasteiger partial charge in [-0.2, -0.15) is 0 Å². The van der Waals surface area contributed by atoms with Crippen LogP contribution in [-0.2, 0) is 16.0 Å². The van der Waals surface area contributed by atoms with Gasteiger partial charge < -0.3 is 30.6 Å². The summed E-state index contributed by atoms with van der Waals surface area (Å²) in [7, 11) is 1.52. The number of ether oxygens (including phenoxy) is 1. The van der Waals surface area contributed by atoms with E-state index in [0.29, 0.717) is 47.2 Å². The van der Waals surface area contributed by atoms with Crippen LogP contribution in [0, 0.1) is 13.8 Å². The van der Waals surface area contributed by atoms with E-state index in [1.54, 1.807) is 26.0 Å². The Balaban J connectivity index is 2.12. The zero-order chi connectivity index (χ0) is 23.1. The first-order valence-corrected chi connectivity index (χ1v) is 9.81. The van der Waals surface area contributed by atoms with Gasteiger partial charge in [0.05, 0.1) is 19.1 Å². The molecule has 1 aromatic carbocycles. The summed E-state index contributed by atoms with van der Waals surface area (Å²) in [6, 6.07) is 1.74. The van der Waals surface area contributed by atoms with E-state index in [9.17, 15) is 24.3 Å². The number of nitrogens with two attached hydrogens (primary N) is 1. The summed E-state index contributed by atoms with van der Waals surface area (Å²) in [6.07, 6.45) is 0.836. The molecule has 0 radical (unpaired) electrons. The number of fused-ring (bicyclic) bond motifs is 1. The predicted molar refractivity (Wildman–Crippen MR) is 113 cm³/mol. The van der Waals surface area contributed by atoms with Crippen LogP contribution in [0.1, 0.15) is 36.0 Å². The third-order valence-electron chi connectivity index (χ3n) is 5.06. The molecule has 0 bridgehead atoms. The van der Waals surface area contributed by atoms with Crippen molar-refractivity contribution in [2.45, 2.75) is 45.6 Å². The number of nitrogens with one attached hydrogen (secondary N) is 2. The number of rotatable bonds is 10. The summed E-state index contributed by atoms with van der Waals surface area (Å²) in [4.78, 5) is 47.1. The first-order valence-electron chi connectivity index (χ1n) is 9.81. The monoisotopic (exact) mass is 433 g/mol. The molecule has 0 saturated carbocycles. The van der Waals surface area contributed by atoms with Crippen molar-refractivity contribution in [1.29, 1.82) is 0 Å². The minimum Gasteiger partial charge on any atom is -0.496 e. The highest BCUT2D eigenvalue weighted by Gasteiger charge is 2.22. The average Bonchev–Trinajstić information content (AvgIpc) is 2.70. The number of carbonyl (C=O) groups excluding carboxylic acids is 2. The van der Waals surface area contributed by atoms with Crippen LogP contribution in [0.15, 0.2) is 21.3 Å². The maximum Gasteiger partial charge on any atom is 0.340 e. The molecule has 2 rings (SSSR count). The number of primary amides is 1. The summed E-state index contributed by atoms with van der Waals surface area (Å²) < 4.78 is 10.7. The fourth-order valence-corrected chi connectivity index (χ4v) is 3.34. The number of carbonyl (C=O) groups is 3. The summed E-state index contributed by atoms with van der Waals surface area (Å²) in [6.45, 7) is 3.80. The van der Waals surface area contributed by atoms with Gasteiger partial charge in [-0.25, -0.2) is 14.4 Å². The molecule has 2 aromatic rings. The average molecular weight is 433 g/mol. The van der Waals surface area contributed by atoms with Crippen molar-refractivity contribution in [2.75, 3.05) is 13.7 Å². The number of urea groups is 1. The Morgan fingerprint density at radius 2 is 1.90 bits per heavy atom. The third-order valence-corrected chi connectivity index (χ3v) is 5.06. The fraction of sp³-hybridized carbons (Fsp3) is 0.429. The summed E-state index contributed by atoms with van der Waals surface area (Å²) in [5.74, 6) is -1.19. The van der Waals surface area contributed by atoms with E-state index in [4.69, 9.17) is 14.9 Å². The Hall–Kier alpha value is -3.56. The summed E-state index contributed by atoms with van der Waals surface area (Å²) in [5, 5.41) is 14.9. The van der Waals surface area contributed by atoms with E-state index in [-0.39, 0.29) is 18.4 Å². The van der Waals surface area contributed by atoms with Gasteiger partial charge in [0.25, 0.3) is 0 Å². The molecule has 1 aromatic heterocycles.